The topological polar surface area (TPSA) is 63.5 Å². The minimum atomic E-state index is -2.57. The molecule has 2 saturated heterocycles. The largest absolute Gasteiger partial charge is 0.307 e. The van der Waals surface area contributed by atoms with Gasteiger partial charge in [-0.15, -0.1) is 11.3 Å². The number of aromatic nitrogens is 1. The first-order valence-electron chi connectivity index (χ1n) is 8.00. The SMILES string of the molecule is N#CN1CCN2CCN(c3cnc(C4CC(F)(F)C4)s3)C(=O)C2C1. The zero-order valence-electron chi connectivity index (χ0n) is 13.0. The highest BCUT2D eigenvalue weighted by molar-refractivity contribution is 7.16. The molecular weight excluding hydrogens is 336 g/mol. The molecule has 24 heavy (non-hydrogen) atoms. The number of halogens is 2. The Morgan fingerprint density at radius 3 is 2.75 bits per heavy atom. The van der Waals surface area contributed by atoms with E-state index in [1.165, 1.54) is 11.3 Å². The molecule has 3 fully saturated rings. The number of thiazole rings is 1. The van der Waals surface area contributed by atoms with Gasteiger partial charge in [0.1, 0.15) is 11.0 Å². The third-order valence-corrected chi connectivity index (χ3v) is 6.19. The van der Waals surface area contributed by atoms with Crippen molar-refractivity contribution in [1.82, 2.24) is 14.8 Å². The van der Waals surface area contributed by atoms with Crippen LogP contribution in [0.5, 0.6) is 0 Å². The number of carbonyl (C=O) groups is 1. The Bertz CT molecular complexity index is 694. The minimum absolute atomic E-state index is 0.0321. The number of nitriles is 1. The van der Waals surface area contributed by atoms with E-state index in [1.807, 2.05) is 0 Å². The van der Waals surface area contributed by atoms with Gasteiger partial charge >= 0.3 is 0 Å². The van der Waals surface area contributed by atoms with Crippen molar-refractivity contribution in [2.24, 2.45) is 0 Å². The van der Waals surface area contributed by atoms with E-state index in [2.05, 4.69) is 16.1 Å². The summed E-state index contributed by atoms with van der Waals surface area (Å²) < 4.78 is 26.1. The van der Waals surface area contributed by atoms with Gasteiger partial charge in [0.25, 0.3) is 0 Å². The molecule has 9 heteroatoms. The second-order valence-corrected chi connectivity index (χ2v) is 7.63. The number of carbonyl (C=O) groups excluding carboxylic acids is 1. The van der Waals surface area contributed by atoms with E-state index in [0.29, 0.717) is 31.2 Å². The van der Waals surface area contributed by atoms with Crippen LogP contribution in [-0.4, -0.2) is 65.4 Å². The van der Waals surface area contributed by atoms with Crippen LogP contribution in [0.2, 0.25) is 0 Å². The smallest absolute Gasteiger partial charge is 0.249 e. The standard InChI is InChI=1S/C15H17F2N5OS/c16-15(17)5-10(6-15)13-19-7-12(24-13)22-4-3-21-2-1-20(9-18)8-11(21)14(22)23/h7,10-11H,1-6,8H2. The average Bonchev–Trinajstić information content (AvgIpc) is 3.02. The number of piperazine rings is 2. The minimum Gasteiger partial charge on any atom is -0.307 e. The summed E-state index contributed by atoms with van der Waals surface area (Å²) in [6, 6.07) is -0.314. The number of alkyl halides is 2. The van der Waals surface area contributed by atoms with Gasteiger partial charge in [0.15, 0.2) is 6.19 Å². The highest BCUT2D eigenvalue weighted by atomic mass is 32.1. The van der Waals surface area contributed by atoms with Gasteiger partial charge in [-0.05, 0) is 0 Å². The van der Waals surface area contributed by atoms with Gasteiger partial charge in [-0.25, -0.2) is 13.8 Å². The lowest BCUT2D eigenvalue weighted by Crippen LogP contribution is -2.64. The molecule has 4 rings (SSSR count). The van der Waals surface area contributed by atoms with E-state index in [9.17, 15) is 13.6 Å². The predicted octanol–water partition coefficient (Wildman–Crippen LogP) is 1.47. The molecule has 1 amide bonds. The Kier molecular flexibility index (Phi) is 3.69. The van der Waals surface area contributed by atoms with E-state index >= 15 is 0 Å². The number of rotatable bonds is 2. The third kappa shape index (κ3) is 2.63. The second kappa shape index (κ2) is 5.63. The predicted molar refractivity (Wildman–Crippen MR) is 83.9 cm³/mol. The van der Waals surface area contributed by atoms with Gasteiger partial charge in [0.2, 0.25) is 11.8 Å². The molecule has 1 unspecified atom stereocenters. The summed E-state index contributed by atoms with van der Waals surface area (Å²) in [6.07, 6.45) is 3.43. The van der Waals surface area contributed by atoms with E-state index in [-0.39, 0.29) is 30.7 Å². The lowest BCUT2D eigenvalue weighted by molar-refractivity contribution is -0.127. The molecule has 0 bridgehead atoms. The lowest BCUT2D eigenvalue weighted by atomic mass is 9.82. The summed E-state index contributed by atoms with van der Waals surface area (Å²) >= 11 is 1.34. The van der Waals surface area contributed by atoms with E-state index in [1.54, 1.807) is 16.0 Å². The Morgan fingerprint density at radius 2 is 2.04 bits per heavy atom. The molecule has 3 heterocycles. The number of hydrogen-bond donors (Lipinski definition) is 0. The first-order valence-corrected chi connectivity index (χ1v) is 8.82. The van der Waals surface area contributed by atoms with Gasteiger partial charge in [-0.1, -0.05) is 0 Å². The number of fused-ring (bicyclic) bond motifs is 1. The van der Waals surface area contributed by atoms with Crippen LogP contribution in [0, 0.1) is 11.5 Å². The maximum absolute atomic E-state index is 13.0. The van der Waals surface area contributed by atoms with Crippen LogP contribution in [0.1, 0.15) is 23.8 Å². The van der Waals surface area contributed by atoms with Crippen molar-refractivity contribution in [3.8, 4) is 6.19 Å². The molecule has 2 aliphatic heterocycles. The number of amides is 1. The van der Waals surface area contributed by atoms with E-state index in [0.717, 1.165) is 11.5 Å². The molecular formula is C15H17F2N5OS. The van der Waals surface area contributed by atoms with Crippen molar-refractivity contribution in [2.45, 2.75) is 30.7 Å². The van der Waals surface area contributed by atoms with Crippen molar-refractivity contribution in [2.75, 3.05) is 37.6 Å². The molecule has 1 atom stereocenters. The molecule has 1 aromatic rings. The molecule has 1 aromatic heterocycles. The highest BCUT2D eigenvalue weighted by Crippen LogP contribution is 2.49. The molecule has 0 aromatic carbocycles. The normalized spacial score (nSPS) is 27.5. The van der Waals surface area contributed by atoms with Crippen molar-refractivity contribution in [3.05, 3.63) is 11.2 Å². The summed E-state index contributed by atoms with van der Waals surface area (Å²) in [7, 11) is 0. The van der Waals surface area contributed by atoms with E-state index in [4.69, 9.17) is 5.26 Å². The Hall–Kier alpha value is -1.79. The van der Waals surface area contributed by atoms with Crippen LogP contribution >= 0.6 is 11.3 Å². The molecule has 0 spiro atoms. The van der Waals surface area contributed by atoms with Crippen LogP contribution in [0.15, 0.2) is 6.20 Å². The molecule has 0 radical (unpaired) electrons. The Morgan fingerprint density at radius 1 is 1.29 bits per heavy atom. The van der Waals surface area contributed by atoms with Crippen molar-refractivity contribution in [3.63, 3.8) is 0 Å². The van der Waals surface area contributed by atoms with E-state index < -0.39 is 5.92 Å². The Labute approximate surface area is 142 Å². The number of anilines is 1. The molecule has 0 N–H and O–H groups in total. The molecule has 3 aliphatic rings. The highest BCUT2D eigenvalue weighted by Gasteiger charge is 2.47. The second-order valence-electron chi connectivity index (χ2n) is 6.59. The van der Waals surface area contributed by atoms with Crippen LogP contribution in [0.4, 0.5) is 13.8 Å². The molecule has 1 saturated carbocycles. The zero-order valence-corrected chi connectivity index (χ0v) is 13.8. The van der Waals surface area contributed by atoms with Gasteiger partial charge in [0, 0.05) is 44.9 Å². The van der Waals surface area contributed by atoms with Crippen molar-refractivity contribution >= 4 is 22.2 Å². The molecule has 128 valence electrons. The third-order valence-electron chi connectivity index (χ3n) is 5.01. The fourth-order valence-electron chi connectivity index (χ4n) is 3.58. The van der Waals surface area contributed by atoms with Crippen LogP contribution in [0.25, 0.3) is 0 Å². The number of nitrogens with zero attached hydrogens (tertiary/aromatic N) is 5. The van der Waals surface area contributed by atoms with Gasteiger partial charge < -0.3 is 4.90 Å². The summed E-state index contributed by atoms with van der Waals surface area (Å²) in [4.78, 5) is 22.5. The summed E-state index contributed by atoms with van der Waals surface area (Å²) in [6.45, 7) is 3.10. The van der Waals surface area contributed by atoms with Crippen LogP contribution in [0.3, 0.4) is 0 Å². The quantitative estimate of drug-likeness (QED) is 0.754. The maximum atomic E-state index is 13.0. The molecule has 1 aliphatic carbocycles. The number of hydrogen-bond acceptors (Lipinski definition) is 6. The van der Waals surface area contributed by atoms with Crippen molar-refractivity contribution in [1.29, 1.82) is 5.26 Å². The van der Waals surface area contributed by atoms with Gasteiger partial charge in [0.05, 0.1) is 17.7 Å². The first-order chi connectivity index (χ1) is 11.5. The average molecular weight is 353 g/mol. The fraction of sp³-hybridized carbons (Fsp3) is 0.667. The Balaban J connectivity index is 1.48. The lowest BCUT2D eigenvalue weighted by Gasteiger charge is -2.44. The monoisotopic (exact) mass is 353 g/mol. The summed E-state index contributed by atoms with van der Waals surface area (Å²) in [5.74, 6) is -2.80. The van der Waals surface area contributed by atoms with Crippen LogP contribution < -0.4 is 4.90 Å². The maximum Gasteiger partial charge on any atom is 0.249 e. The molecule has 6 nitrogen and oxygen atoms in total. The van der Waals surface area contributed by atoms with Crippen molar-refractivity contribution < 1.29 is 13.6 Å². The summed E-state index contributed by atoms with van der Waals surface area (Å²) in [5.41, 5.74) is 0. The van der Waals surface area contributed by atoms with Gasteiger partial charge in [-0.2, -0.15) is 5.26 Å². The first kappa shape index (κ1) is 15.7. The summed E-state index contributed by atoms with van der Waals surface area (Å²) in [5, 5.41) is 10.5. The fourth-order valence-corrected chi connectivity index (χ4v) is 4.63. The van der Waals surface area contributed by atoms with Gasteiger partial charge in [-0.3, -0.25) is 14.6 Å². The zero-order chi connectivity index (χ0) is 16.9. The van der Waals surface area contributed by atoms with Crippen LogP contribution in [-0.2, 0) is 4.79 Å².